The first-order valence-electron chi connectivity index (χ1n) is 5.39. The minimum atomic E-state index is -3.80. The van der Waals surface area contributed by atoms with Crippen molar-refractivity contribution in [3.63, 3.8) is 0 Å². The molecule has 0 radical (unpaired) electrons. The number of nitrogens with zero attached hydrogens (tertiary/aromatic N) is 4. The first-order chi connectivity index (χ1) is 9.15. The molecule has 0 aliphatic carbocycles. The van der Waals surface area contributed by atoms with E-state index in [-0.39, 0.29) is 5.16 Å². The van der Waals surface area contributed by atoms with E-state index in [9.17, 15) is 8.42 Å². The summed E-state index contributed by atoms with van der Waals surface area (Å²) in [5.41, 5.74) is 0.878. The number of hydrogen-bond acceptors (Lipinski definition) is 5. The van der Waals surface area contributed by atoms with E-state index in [1.165, 1.54) is 17.0 Å². The molecular weight excluding hydrogens is 266 g/mol. The summed E-state index contributed by atoms with van der Waals surface area (Å²) in [7, 11) is -3.80. The number of sulfonamides is 1. The van der Waals surface area contributed by atoms with Crippen LogP contribution in [0.4, 0.5) is 5.69 Å². The Balaban J connectivity index is 2.00. The average Bonchev–Trinajstić information content (AvgIpc) is 2.84. The summed E-state index contributed by atoms with van der Waals surface area (Å²) < 4.78 is 27.9. The van der Waals surface area contributed by atoms with E-state index in [1.807, 2.05) is 0 Å². The highest BCUT2D eigenvalue weighted by molar-refractivity contribution is 7.92. The highest BCUT2D eigenvalue weighted by Crippen LogP contribution is 2.13. The molecule has 3 rings (SSSR count). The molecule has 0 spiro atoms. The second kappa shape index (κ2) is 4.32. The number of rotatable bonds is 3. The molecule has 0 atom stereocenters. The lowest BCUT2D eigenvalue weighted by Gasteiger charge is -2.03. The van der Waals surface area contributed by atoms with Gasteiger partial charge < -0.3 is 0 Å². The van der Waals surface area contributed by atoms with Gasteiger partial charge in [0.25, 0.3) is 15.2 Å². The van der Waals surface area contributed by atoms with Crippen molar-refractivity contribution < 1.29 is 8.42 Å². The van der Waals surface area contributed by atoms with Crippen molar-refractivity contribution >= 4 is 21.4 Å². The smallest absolute Gasteiger partial charge is 0.277 e. The van der Waals surface area contributed by atoms with Crippen molar-refractivity contribution in [3.05, 3.63) is 48.9 Å². The second-order valence-electron chi connectivity index (χ2n) is 3.75. The maximum atomic E-state index is 12.1. The van der Waals surface area contributed by atoms with Crippen LogP contribution in [0.25, 0.3) is 5.65 Å². The van der Waals surface area contributed by atoms with E-state index in [1.54, 1.807) is 36.4 Å². The molecule has 0 amide bonds. The van der Waals surface area contributed by atoms with Gasteiger partial charge in [-0.05, 0) is 12.1 Å². The Kier molecular flexibility index (Phi) is 2.64. The first kappa shape index (κ1) is 11.6. The van der Waals surface area contributed by atoms with Crippen LogP contribution in [0, 0.1) is 0 Å². The lowest BCUT2D eigenvalue weighted by atomic mass is 10.3. The van der Waals surface area contributed by atoms with Gasteiger partial charge in [0.1, 0.15) is 6.33 Å². The lowest BCUT2D eigenvalue weighted by Crippen LogP contribution is -2.14. The molecule has 1 aromatic carbocycles. The van der Waals surface area contributed by atoms with Crippen molar-refractivity contribution in [1.29, 1.82) is 0 Å². The Morgan fingerprint density at radius 1 is 1.11 bits per heavy atom. The standard InChI is InChI=1S/C11H9N5O2S/c17-19(18,15-9-4-2-1-3-5-9)11-13-10-6-7-12-8-16(10)14-11/h1-8,15H. The fourth-order valence-electron chi connectivity index (χ4n) is 1.55. The van der Waals surface area contributed by atoms with Crippen LogP contribution in [0.3, 0.4) is 0 Å². The zero-order valence-corrected chi connectivity index (χ0v) is 10.4. The highest BCUT2D eigenvalue weighted by Gasteiger charge is 2.20. The van der Waals surface area contributed by atoms with Gasteiger partial charge in [0.15, 0.2) is 5.65 Å². The largest absolute Gasteiger partial charge is 0.299 e. The molecule has 7 nitrogen and oxygen atoms in total. The Morgan fingerprint density at radius 3 is 2.63 bits per heavy atom. The third-order valence-corrected chi connectivity index (χ3v) is 3.55. The zero-order valence-electron chi connectivity index (χ0n) is 9.63. The summed E-state index contributed by atoms with van der Waals surface area (Å²) in [6.07, 6.45) is 2.91. The van der Waals surface area contributed by atoms with Gasteiger partial charge in [-0.1, -0.05) is 18.2 Å². The molecule has 0 fully saturated rings. The van der Waals surface area contributed by atoms with Gasteiger partial charge in [0.05, 0.1) is 0 Å². The number of hydrogen-bond donors (Lipinski definition) is 1. The Bertz CT molecular complexity index is 780. The fraction of sp³-hybridized carbons (Fsp3) is 0. The number of fused-ring (bicyclic) bond motifs is 1. The number of aromatic nitrogens is 4. The van der Waals surface area contributed by atoms with Gasteiger partial charge in [0.2, 0.25) is 0 Å². The minimum absolute atomic E-state index is 0.288. The molecule has 0 bridgehead atoms. The number of benzene rings is 1. The second-order valence-corrected chi connectivity index (χ2v) is 5.33. The summed E-state index contributed by atoms with van der Waals surface area (Å²) >= 11 is 0. The molecular formula is C11H9N5O2S. The molecule has 8 heteroatoms. The van der Waals surface area contributed by atoms with Crippen LogP contribution < -0.4 is 4.72 Å². The van der Waals surface area contributed by atoms with Crippen LogP contribution in [0.2, 0.25) is 0 Å². The number of para-hydroxylation sites is 1. The van der Waals surface area contributed by atoms with E-state index in [4.69, 9.17) is 0 Å². The van der Waals surface area contributed by atoms with Crippen LogP contribution in [-0.2, 0) is 10.0 Å². The Labute approximate surface area is 109 Å². The highest BCUT2D eigenvalue weighted by atomic mass is 32.2. The average molecular weight is 275 g/mol. The zero-order chi connectivity index (χ0) is 13.3. The van der Waals surface area contributed by atoms with E-state index < -0.39 is 10.0 Å². The normalized spacial score (nSPS) is 11.6. The summed E-state index contributed by atoms with van der Waals surface area (Å²) in [6.45, 7) is 0. The Hall–Kier alpha value is -2.48. The SMILES string of the molecule is O=S(=O)(Nc1ccccc1)c1nc2ccncn2n1. The fourth-order valence-corrected chi connectivity index (χ4v) is 2.49. The van der Waals surface area contributed by atoms with Crippen LogP contribution in [0.1, 0.15) is 0 Å². The molecule has 1 N–H and O–H groups in total. The van der Waals surface area contributed by atoms with Crippen molar-refractivity contribution in [2.24, 2.45) is 0 Å². The third kappa shape index (κ3) is 2.25. The van der Waals surface area contributed by atoms with Gasteiger partial charge in [-0.25, -0.2) is 9.50 Å². The maximum absolute atomic E-state index is 12.1. The van der Waals surface area contributed by atoms with E-state index in [2.05, 4.69) is 19.8 Å². The van der Waals surface area contributed by atoms with Gasteiger partial charge in [-0.2, -0.15) is 13.4 Å². The molecule has 3 aromatic rings. The summed E-state index contributed by atoms with van der Waals surface area (Å²) in [5.74, 6) is 0. The molecule has 96 valence electrons. The molecule has 2 heterocycles. The monoisotopic (exact) mass is 275 g/mol. The van der Waals surface area contributed by atoms with Gasteiger partial charge in [-0.3, -0.25) is 4.72 Å². The Morgan fingerprint density at radius 2 is 1.89 bits per heavy atom. The van der Waals surface area contributed by atoms with Gasteiger partial charge >= 0.3 is 0 Å². The summed E-state index contributed by atoms with van der Waals surface area (Å²) in [5, 5.41) is 3.59. The molecule has 2 aromatic heterocycles. The van der Waals surface area contributed by atoms with Crippen molar-refractivity contribution in [1.82, 2.24) is 19.6 Å². The lowest BCUT2D eigenvalue weighted by molar-refractivity contribution is 0.592. The predicted octanol–water partition coefficient (Wildman–Crippen LogP) is 0.925. The molecule has 19 heavy (non-hydrogen) atoms. The topological polar surface area (TPSA) is 89.2 Å². The summed E-state index contributed by atoms with van der Waals surface area (Å²) in [4.78, 5) is 7.78. The van der Waals surface area contributed by atoms with E-state index in [0.717, 1.165) is 0 Å². The molecule has 0 aliphatic heterocycles. The van der Waals surface area contributed by atoms with Crippen molar-refractivity contribution in [2.45, 2.75) is 5.16 Å². The van der Waals surface area contributed by atoms with Crippen LogP contribution in [0.5, 0.6) is 0 Å². The van der Waals surface area contributed by atoms with Crippen molar-refractivity contribution in [2.75, 3.05) is 4.72 Å². The van der Waals surface area contributed by atoms with Gasteiger partial charge in [-0.15, -0.1) is 5.10 Å². The first-order valence-corrected chi connectivity index (χ1v) is 6.88. The molecule has 0 saturated carbocycles. The predicted molar refractivity (Wildman–Crippen MR) is 68.0 cm³/mol. The quantitative estimate of drug-likeness (QED) is 0.768. The number of anilines is 1. The molecule has 0 unspecified atom stereocenters. The molecule has 0 aliphatic rings. The van der Waals surface area contributed by atoms with E-state index >= 15 is 0 Å². The van der Waals surface area contributed by atoms with Gasteiger partial charge in [0, 0.05) is 18.0 Å². The molecule has 0 saturated heterocycles. The minimum Gasteiger partial charge on any atom is -0.277 e. The number of nitrogens with one attached hydrogen (secondary N) is 1. The van der Waals surface area contributed by atoms with Crippen LogP contribution >= 0.6 is 0 Å². The third-order valence-electron chi connectivity index (χ3n) is 2.39. The maximum Gasteiger partial charge on any atom is 0.299 e. The van der Waals surface area contributed by atoms with Crippen LogP contribution in [0.15, 0.2) is 54.1 Å². The van der Waals surface area contributed by atoms with Crippen molar-refractivity contribution in [3.8, 4) is 0 Å². The summed E-state index contributed by atoms with van der Waals surface area (Å²) in [6, 6.07) is 10.1. The van der Waals surface area contributed by atoms with E-state index in [0.29, 0.717) is 11.3 Å². The van der Waals surface area contributed by atoms with Crippen LogP contribution in [-0.4, -0.2) is 28.0 Å².